The van der Waals surface area contributed by atoms with Gasteiger partial charge in [-0.1, -0.05) is 12.2 Å². The molecule has 0 aromatic heterocycles. The van der Waals surface area contributed by atoms with Crippen LogP contribution in [-0.2, 0) is 18.9 Å². The predicted octanol–water partition coefficient (Wildman–Crippen LogP) is 1.62. The van der Waals surface area contributed by atoms with Crippen LogP contribution < -0.4 is 0 Å². The fourth-order valence-electron chi connectivity index (χ4n) is 3.73. The van der Waals surface area contributed by atoms with Crippen LogP contribution in [-0.4, -0.2) is 38.0 Å². The molecule has 2 fully saturated rings. The van der Waals surface area contributed by atoms with E-state index in [1.54, 1.807) is 0 Å². The molecule has 98 valence electrons. The minimum Gasteiger partial charge on any atom is -0.344 e. The molecular formula is C14H18O4. The van der Waals surface area contributed by atoms with Gasteiger partial charge in [-0.15, -0.1) is 0 Å². The number of fused-ring (bicyclic) bond motifs is 3. The van der Waals surface area contributed by atoms with Crippen molar-refractivity contribution in [2.75, 3.05) is 26.4 Å². The van der Waals surface area contributed by atoms with E-state index in [0.717, 1.165) is 12.8 Å². The van der Waals surface area contributed by atoms with Gasteiger partial charge in [0.2, 0.25) is 0 Å². The van der Waals surface area contributed by atoms with E-state index in [1.807, 2.05) is 0 Å². The second-order valence-corrected chi connectivity index (χ2v) is 5.33. The Bertz CT molecular complexity index is 351. The summed E-state index contributed by atoms with van der Waals surface area (Å²) in [5, 5.41) is 0. The van der Waals surface area contributed by atoms with Gasteiger partial charge < -0.3 is 18.9 Å². The number of hydrogen-bond donors (Lipinski definition) is 0. The van der Waals surface area contributed by atoms with Crippen LogP contribution in [0.4, 0.5) is 0 Å². The highest BCUT2D eigenvalue weighted by Crippen LogP contribution is 2.51. The van der Waals surface area contributed by atoms with Crippen molar-refractivity contribution in [1.29, 1.82) is 0 Å². The summed E-state index contributed by atoms with van der Waals surface area (Å²) in [6.45, 7) is 2.69. The maximum atomic E-state index is 5.90. The first-order valence-corrected chi connectivity index (χ1v) is 6.76. The first-order valence-electron chi connectivity index (χ1n) is 6.76. The van der Waals surface area contributed by atoms with Crippen LogP contribution in [0.2, 0.25) is 0 Å². The highest BCUT2D eigenvalue weighted by Gasteiger charge is 2.57. The van der Waals surface area contributed by atoms with E-state index in [2.05, 4.69) is 24.3 Å². The molecule has 0 N–H and O–H groups in total. The van der Waals surface area contributed by atoms with Crippen molar-refractivity contribution in [3.8, 4) is 0 Å². The quantitative estimate of drug-likeness (QED) is 0.612. The van der Waals surface area contributed by atoms with Crippen LogP contribution in [0.5, 0.6) is 0 Å². The average molecular weight is 250 g/mol. The summed E-state index contributed by atoms with van der Waals surface area (Å²) in [5.41, 5.74) is 0. The van der Waals surface area contributed by atoms with E-state index in [4.69, 9.17) is 18.9 Å². The van der Waals surface area contributed by atoms with Gasteiger partial charge in [0.05, 0.1) is 26.4 Å². The minimum atomic E-state index is -0.546. The number of ether oxygens (including phenoxy) is 4. The Hall–Kier alpha value is -0.680. The first-order chi connectivity index (χ1) is 8.85. The molecule has 2 saturated heterocycles. The zero-order valence-corrected chi connectivity index (χ0v) is 10.3. The lowest BCUT2D eigenvalue weighted by molar-refractivity contribution is -0.236. The van der Waals surface area contributed by atoms with E-state index in [1.165, 1.54) is 0 Å². The molecule has 0 unspecified atom stereocenters. The molecule has 4 aliphatic rings. The van der Waals surface area contributed by atoms with Crippen LogP contribution in [0.3, 0.4) is 0 Å². The van der Waals surface area contributed by atoms with Gasteiger partial charge in [0.15, 0.2) is 11.6 Å². The fraction of sp³-hybridized carbons (Fsp3) is 0.714. The molecule has 0 saturated carbocycles. The highest BCUT2D eigenvalue weighted by molar-refractivity contribution is 5.19. The standard InChI is InChI=1S/C14H18O4/c1-3-11-12(13(5-1)15-7-8-16-13)4-2-6-14(11)17-9-10-18-14/h1-2,5-6,11-12H,3-4,7-10H2/t11-,12-/m1/s1. The minimum absolute atomic E-state index is 0.285. The third-order valence-electron chi connectivity index (χ3n) is 4.48. The molecule has 18 heavy (non-hydrogen) atoms. The molecule has 4 rings (SSSR count). The summed E-state index contributed by atoms with van der Waals surface area (Å²) < 4.78 is 23.6. The summed E-state index contributed by atoms with van der Waals surface area (Å²) >= 11 is 0. The Morgan fingerprint density at radius 3 is 1.44 bits per heavy atom. The van der Waals surface area contributed by atoms with E-state index < -0.39 is 11.6 Å². The molecule has 0 amide bonds. The fourth-order valence-corrected chi connectivity index (χ4v) is 3.73. The number of rotatable bonds is 0. The summed E-state index contributed by atoms with van der Waals surface area (Å²) in [4.78, 5) is 0. The average Bonchev–Trinajstić information content (AvgIpc) is 3.03. The molecule has 0 aromatic carbocycles. The van der Waals surface area contributed by atoms with Gasteiger partial charge in [-0.2, -0.15) is 0 Å². The van der Waals surface area contributed by atoms with E-state index >= 15 is 0 Å². The molecule has 2 heterocycles. The summed E-state index contributed by atoms with van der Waals surface area (Å²) in [5.74, 6) is -0.521. The Kier molecular flexibility index (Phi) is 2.42. The lowest BCUT2D eigenvalue weighted by Gasteiger charge is -2.48. The van der Waals surface area contributed by atoms with Crippen molar-refractivity contribution in [3.63, 3.8) is 0 Å². The maximum Gasteiger partial charge on any atom is 0.191 e. The van der Waals surface area contributed by atoms with Gasteiger partial charge in [0.1, 0.15) is 0 Å². The van der Waals surface area contributed by atoms with Crippen molar-refractivity contribution in [3.05, 3.63) is 24.3 Å². The largest absolute Gasteiger partial charge is 0.344 e. The molecule has 0 bridgehead atoms. The molecule has 0 radical (unpaired) electrons. The lowest BCUT2D eigenvalue weighted by Crippen LogP contribution is -2.53. The highest BCUT2D eigenvalue weighted by atomic mass is 16.7. The molecular weight excluding hydrogens is 232 g/mol. The van der Waals surface area contributed by atoms with Crippen molar-refractivity contribution in [2.45, 2.75) is 24.4 Å². The van der Waals surface area contributed by atoms with Crippen LogP contribution in [0, 0.1) is 11.8 Å². The van der Waals surface area contributed by atoms with Crippen molar-refractivity contribution in [2.24, 2.45) is 11.8 Å². The zero-order chi connectivity index (χ0) is 12.1. The lowest BCUT2D eigenvalue weighted by atomic mass is 9.69. The SMILES string of the molecule is C1=CC2(OCCO2)[C@@H]2CC=CC3(OCCO3)[C@@H]2C1. The van der Waals surface area contributed by atoms with Gasteiger partial charge in [-0.05, 0) is 25.0 Å². The third kappa shape index (κ3) is 1.40. The predicted molar refractivity (Wildman–Crippen MR) is 63.8 cm³/mol. The number of hydrogen-bond acceptors (Lipinski definition) is 4. The van der Waals surface area contributed by atoms with Crippen molar-refractivity contribution < 1.29 is 18.9 Å². The van der Waals surface area contributed by atoms with Gasteiger partial charge in [0.25, 0.3) is 0 Å². The second kappa shape index (κ2) is 3.90. The summed E-state index contributed by atoms with van der Waals surface area (Å²) in [7, 11) is 0. The smallest absolute Gasteiger partial charge is 0.191 e. The van der Waals surface area contributed by atoms with E-state index in [0.29, 0.717) is 26.4 Å². The third-order valence-corrected chi connectivity index (χ3v) is 4.48. The van der Waals surface area contributed by atoms with Gasteiger partial charge in [-0.3, -0.25) is 0 Å². The molecule has 2 aliphatic heterocycles. The summed E-state index contributed by atoms with van der Waals surface area (Å²) in [6.07, 6.45) is 10.4. The van der Waals surface area contributed by atoms with Crippen LogP contribution in [0.1, 0.15) is 12.8 Å². The molecule has 2 aliphatic carbocycles. The Morgan fingerprint density at radius 2 is 1.06 bits per heavy atom. The first kappa shape index (κ1) is 11.2. The molecule has 2 spiro atoms. The van der Waals surface area contributed by atoms with E-state index in [9.17, 15) is 0 Å². The van der Waals surface area contributed by atoms with Gasteiger partial charge in [0, 0.05) is 11.8 Å². The Morgan fingerprint density at radius 1 is 0.667 bits per heavy atom. The molecule has 2 atom stereocenters. The Balaban J connectivity index is 1.72. The Labute approximate surface area is 107 Å². The number of allylic oxidation sites excluding steroid dienone is 2. The maximum absolute atomic E-state index is 5.90. The molecule has 4 nitrogen and oxygen atoms in total. The normalized spacial score (nSPS) is 39.6. The van der Waals surface area contributed by atoms with Crippen LogP contribution in [0.15, 0.2) is 24.3 Å². The molecule has 4 heteroatoms. The zero-order valence-electron chi connectivity index (χ0n) is 10.3. The van der Waals surface area contributed by atoms with Crippen LogP contribution >= 0.6 is 0 Å². The monoisotopic (exact) mass is 250 g/mol. The van der Waals surface area contributed by atoms with Crippen molar-refractivity contribution >= 4 is 0 Å². The van der Waals surface area contributed by atoms with E-state index in [-0.39, 0.29) is 11.8 Å². The van der Waals surface area contributed by atoms with Crippen LogP contribution in [0.25, 0.3) is 0 Å². The second-order valence-electron chi connectivity index (χ2n) is 5.33. The van der Waals surface area contributed by atoms with Crippen molar-refractivity contribution in [1.82, 2.24) is 0 Å². The summed E-state index contributed by atoms with van der Waals surface area (Å²) in [6, 6.07) is 0. The molecule has 0 aromatic rings. The topological polar surface area (TPSA) is 36.9 Å². The van der Waals surface area contributed by atoms with Gasteiger partial charge in [-0.25, -0.2) is 0 Å². The van der Waals surface area contributed by atoms with Gasteiger partial charge >= 0.3 is 0 Å².